The minimum atomic E-state index is -3.84. The first-order chi connectivity index (χ1) is 13.1. The van der Waals surface area contributed by atoms with Crippen LogP contribution in [0, 0.1) is 5.92 Å². The number of rotatable bonds is 9. The molecule has 0 spiro atoms. The molecule has 1 N–H and O–H groups in total. The lowest BCUT2D eigenvalue weighted by atomic mass is 10.0. The fraction of sp³-hybridized carbons (Fsp3) is 0.421. The molecule has 2 aromatic rings. The predicted octanol–water partition coefficient (Wildman–Crippen LogP) is 3.87. The smallest absolute Gasteiger partial charge is 0.241 e. The van der Waals surface area contributed by atoms with Gasteiger partial charge >= 0.3 is 0 Å². The number of nitrogens with one attached hydrogen (secondary N) is 1. The van der Waals surface area contributed by atoms with Gasteiger partial charge in [-0.3, -0.25) is 4.79 Å². The third-order valence-corrected chi connectivity index (χ3v) is 7.17. The Balaban J connectivity index is 2.17. The van der Waals surface area contributed by atoms with Gasteiger partial charge in [0.05, 0.1) is 22.3 Å². The van der Waals surface area contributed by atoms with E-state index in [0.29, 0.717) is 18.7 Å². The van der Waals surface area contributed by atoms with Gasteiger partial charge in [-0.2, -0.15) is 4.72 Å². The molecule has 0 aliphatic carbocycles. The molecule has 1 aromatic heterocycles. The Labute approximate surface area is 179 Å². The Bertz CT molecular complexity index is 895. The van der Waals surface area contributed by atoms with Crippen molar-refractivity contribution in [2.75, 3.05) is 14.2 Å². The highest BCUT2D eigenvalue weighted by molar-refractivity contribution is 9.11. The van der Waals surface area contributed by atoms with Crippen LogP contribution in [0.5, 0.6) is 5.75 Å². The Kier molecular flexibility index (Phi) is 8.06. The van der Waals surface area contributed by atoms with E-state index < -0.39 is 16.1 Å². The summed E-state index contributed by atoms with van der Waals surface area (Å²) in [5.41, 5.74) is 0. The SMILES string of the molecule is COc1ccc(S(=O)(=O)NC(CC(C)C)C(=O)N(C)Cc2ccc(Br)s2)cc1. The number of carbonyl (C=O) groups is 1. The maximum absolute atomic E-state index is 13.0. The molecule has 0 aliphatic heterocycles. The molecule has 2 rings (SSSR count). The highest BCUT2D eigenvalue weighted by Crippen LogP contribution is 2.24. The summed E-state index contributed by atoms with van der Waals surface area (Å²) >= 11 is 4.96. The van der Waals surface area contributed by atoms with Crippen LogP contribution < -0.4 is 9.46 Å². The number of likely N-dealkylation sites (N-methyl/N-ethyl adjacent to an activating group) is 1. The number of nitrogens with zero attached hydrogens (tertiary/aromatic N) is 1. The number of sulfonamides is 1. The maximum atomic E-state index is 13.0. The number of hydrogen-bond acceptors (Lipinski definition) is 5. The number of methoxy groups -OCH3 is 1. The summed E-state index contributed by atoms with van der Waals surface area (Å²) in [6.45, 7) is 4.34. The first-order valence-corrected chi connectivity index (χ1v) is 11.9. The molecule has 1 atom stereocenters. The van der Waals surface area contributed by atoms with E-state index in [2.05, 4.69) is 20.7 Å². The summed E-state index contributed by atoms with van der Waals surface area (Å²) in [7, 11) is -0.635. The van der Waals surface area contributed by atoms with Gasteiger partial charge < -0.3 is 9.64 Å². The second-order valence-electron chi connectivity index (χ2n) is 6.88. The number of benzene rings is 1. The first kappa shape index (κ1) is 22.9. The molecule has 0 aliphatic rings. The van der Waals surface area contributed by atoms with Gasteiger partial charge in [0.1, 0.15) is 11.8 Å². The zero-order valence-corrected chi connectivity index (χ0v) is 19.5. The largest absolute Gasteiger partial charge is 0.497 e. The first-order valence-electron chi connectivity index (χ1n) is 8.78. The van der Waals surface area contributed by atoms with Crippen LogP contribution in [0.2, 0.25) is 0 Å². The van der Waals surface area contributed by atoms with Gasteiger partial charge in [-0.15, -0.1) is 11.3 Å². The van der Waals surface area contributed by atoms with E-state index in [-0.39, 0.29) is 16.7 Å². The number of carbonyl (C=O) groups excluding carboxylic acids is 1. The van der Waals surface area contributed by atoms with Crippen LogP contribution >= 0.6 is 27.3 Å². The molecule has 0 radical (unpaired) electrons. The monoisotopic (exact) mass is 488 g/mol. The number of hydrogen-bond donors (Lipinski definition) is 1. The van der Waals surface area contributed by atoms with Crippen molar-refractivity contribution in [2.24, 2.45) is 5.92 Å². The summed E-state index contributed by atoms with van der Waals surface area (Å²) in [6, 6.07) is 9.12. The molecule has 6 nitrogen and oxygen atoms in total. The Hall–Kier alpha value is -1.42. The zero-order chi connectivity index (χ0) is 20.9. The molecule has 0 saturated heterocycles. The number of amides is 1. The lowest BCUT2D eigenvalue weighted by molar-refractivity contribution is -0.132. The molecule has 0 saturated carbocycles. The standard InChI is InChI=1S/C19H25BrN2O4S2/c1-13(2)11-17(19(23)22(3)12-15-7-10-18(20)27-15)21-28(24,25)16-8-5-14(26-4)6-9-16/h5-10,13,17,21H,11-12H2,1-4H3. The van der Waals surface area contributed by atoms with Crippen molar-refractivity contribution in [3.05, 3.63) is 45.1 Å². The number of ether oxygens (including phenoxy) is 1. The van der Waals surface area contributed by atoms with E-state index >= 15 is 0 Å². The van der Waals surface area contributed by atoms with Crippen LogP contribution in [0.4, 0.5) is 0 Å². The van der Waals surface area contributed by atoms with E-state index in [1.807, 2.05) is 26.0 Å². The van der Waals surface area contributed by atoms with Crippen LogP contribution in [0.15, 0.2) is 45.1 Å². The number of thiophene rings is 1. The van der Waals surface area contributed by atoms with Gasteiger partial charge in [0.15, 0.2) is 0 Å². The molecule has 28 heavy (non-hydrogen) atoms. The van der Waals surface area contributed by atoms with Crippen LogP contribution in [0.3, 0.4) is 0 Å². The molecular weight excluding hydrogens is 464 g/mol. The molecule has 154 valence electrons. The van der Waals surface area contributed by atoms with E-state index in [1.165, 1.54) is 19.2 Å². The lowest BCUT2D eigenvalue weighted by Gasteiger charge is -2.25. The van der Waals surface area contributed by atoms with Crippen molar-refractivity contribution >= 4 is 43.2 Å². The molecule has 0 bridgehead atoms. The predicted molar refractivity (Wildman–Crippen MR) is 115 cm³/mol. The van der Waals surface area contributed by atoms with Gasteiger partial charge in [-0.1, -0.05) is 13.8 Å². The molecular formula is C19H25BrN2O4S2. The summed E-state index contributed by atoms with van der Waals surface area (Å²) in [5.74, 6) is 0.461. The molecule has 1 aromatic carbocycles. The second-order valence-corrected chi connectivity index (χ2v) is 11.1. The molecule has 0 fully saturated rings. The fourth-order valence-electron chi connectivity index (χ4n) is 2.70. The van der Waals surface area contributed by atoms with Crippen molar-refractivity contribution in [1.82, 2.24) is 9.62 Å². The van der Waals surface area contributed by atoms with Crippen molar-refractivity contribution in [2.45, 2.75) is 37.8 Å². The summed E-state index contributed by atoms with van der Waals surface area (Å²) in [6.07, 6.45) is 0.409. The second kappa shape index (κ2) is 9.87. The van der Waals surface area contributed by atoms with E-state index in [1.54, 1.807) is 35.4 Å². The average Bonchev–Trinajstić information content (AvgIpc) is 3.04. The highest BCUT2D eigenvalue weighted by atomic mass is 79.9. The van der Waals surface area contributed by atoms with Crippen molar-refractivity contribution in [3.63, 3.8) is 0 Å². The molecule has 1 unspecified atom stereocenters. The van der Waals surface area contributed by atoms with Crippen molar-refractivity contribution in [3.8, 4) is 5.75 Å². The minimum absolute atomic E-state index is 0.0969. The Morgan fingerprint density at radius 1 is 1.21 bits per heavy atom. The van der Waals surface area contributed by atoms with E-state index in [9.17, 15) is 13.2 Å². The van der Waals surface area contributed by atoms with Gasteiger partial charge in [0.2, 0.25) is 15.9 Å². The van der Waals surface area contributed by atoms with Crippen LogP contribution in [0.25, 0.3) is 0 Å². The normalized spacial score (nSPS) is 12.8. The fourth-order valence-corrected chi connectivity index (χ4v) is 5.43. The molecule has 9 heteroatoms. The summed E-state index contributed by atoms with van der Waals surface area (Å²) in [5, 5.41) is 0. The average molecular weight is 489 g/mol. The summed E-state index contributed by atoms with van der Waals surface area (Å²) < 4.78 is 34.2. The topological polar surface area (TPSA) is 75.7 Å². The third-order valence-electron chi connectivity index (χ3n) is 4.07. The molecule has 1 amide bonds. The highest BCUT2D eigenvalue weighted by Gasteiger charge is 2.29. The Morgan fingerprint density at radius 3 is 2.36 bits per heavy atom. The number of halogens is 1. The van der Waals surface area contributed by atoms with E-state index in [0.717, 1.165) is 8.66 Å². The van der Waals surface area contributed by atoms with Crippen molar-refractivity contribution < 1.29 is 17.9 Å². The quantitative estimate of drug-likeness (QED) is 0.581. The van der Waals surface area contributed by atoms with Crippen LogP contribution in [-0.2, 0) is 21.4 Å². The van der Waals surface area contributed by atoms with Crippen LogP contribution in [-0.4, -0.2) is 39.4 Å². The minimum Gasteiger partial charge on any atom is -0.497 e. The summed E-state index contributed by atoms with van der Waals surface area (Å²) in [4.78, 5) is 15.6. The van der Waals surface area contributed by atoms with Gasteiger partial charge in [0, 0.05) is 11.9 Å². The third kappa shape index (κ3) is 6.30. The van der Waals surface area contributed by atoms with Crippen LogP contribution in [0.1, 0.15) is 25.1 Å². The lowest BCUT2D eigenvalue weighted by Crippen LogP contribution is -2.47. The maximum Gasteiger partial charge on any atom is 0.241 e. The van der Waals surface area contributed by atoms with Gasteiger partial charge in [-0.25, -0.2) is 8.42 Å². The van der Waals surface area contributed by atoms with Gasteiger partial charge in [-0.05, 0) is 64.7 Å². The van der Waals surface area contributed by atoms with Gasteiger partial charge in [0.25, 0.3) is 0 Å². The van der Waals surface area contributed by atoms with Crippen molar-refractivity contribution in [1.29, 1.82) is 0 Å². The Morgan fingerprint density at radius 2 is 1.86 bits per heavy atom. The van der Waals surface area contributed by atoms with E-state index in [4.69, 9.17) is 4.74 Å². The molecule has 1 heterocycles. The zero-order valence-electron chi connectivity index (χ0n) is 16.3.